The molecule has 0 aromatic carbocycles. The van der Waals surface area contributed by atoms with Crippen LogP contribution >= 0.6 is 0 Å². The molecule has 0 spiro atoms. The summed E-state index contributed by atoms with van der Waals surface area (Å²) in [6.45, 7) is 2.91. The van der Waals surface area contributed by atoms with Gasteiger partial charge in [-0.3, -0.25) is 4.98 Å². The van der Waals surface area contributed by atoms with Crippen molar-refractivity contribution in [2.75, 3.05) is 13.6 Å². The van der Waals surface area contributed by atoms with E-state index in [-0.39, 0.29) is 0 Å². The van der Waals surface area contributed by atoms with Crippen molar-refractivity contribution in [2.45, 2.75) is 19.4 Å². The van der Waals surface area contributed by atoms with Crippen LogP contribution in [0.1, 0.15) is 24.9 Å². The lowest BCUT2D eigenvalue weighted by molar-refractivity contribution is 0.437. The minimum Gasteiger partial charge on any atom is -0.330 e. The van der Waals surface area contributed by atoms with Crippen molar-refractivity contribution in [1.82, 2.24) is 10.3 Å². The van der Waals surface area contributed by atoms with Gasteiger partial charge < -0.3 is 11.1 Å². The Morgan fingerprint density at radius 3 is 2.57 bits per heavy atom. The van der Waals surface area contributed by atoms with Crippen molar-refractivity contribution in [3.63, 3.8) is 0 Å². The van der Waals surface area contributed by atoms with Gasteiger partial charge in [-0.25, -0.2) is 0 Å². The van der Waals surface area contributed by atoms with Gasteiger partial charge in [0.1, 0.15) is 0 Å². The molecule has 1 aromatic heterocycles. The van der Waals surface area contributed by atoms with Crippen LogP contribution in [0.4, 0.5) is 0 Å². The summed E-state index contributed by atoms with van der Waals surface area (Å²) in [5.74, 6) is 0.542. The highest BCUT2D eigenvalue weighted by molar-refractivity contribution is 5.14. The van der Waals surface area contributed by atoms with E-state index in [0.29, 0.717) is 12.0 Å². The SMILES string of the molecule is CNC(CC(C)CN)c1ccncc1. The topological polar surface area (TPSA) is 50.9 Å². The van der Waals surface area contributed by atoms with Crippen molar-refractivity contribution >= 4 is 0 Å². The Hall–Kier alpha value is -0.930. The number of aromatic nitrogens is 1. The molecular formula is C11H19N3. The molecule has 0 radical (unpaired) electrons. The molecule has 2 atom stereocenters. The summed E-state index contributed by atoms with van der Waals surface area (Å²) in [5, 5.41) is 3.30. The van der Waals surface area contributed by atoms with Gasteiger partial charge in [0.2, 0.25) is 0 Å². The van der Waals surface area contributed by atoms with Crippen molar-refractivity contribution in [1.29, 1.82) is 0 Å². The van der Waals surface area contributed by atoms with E-state index in [9.17, 15) is 0 Å². The Balaban J connectivity index is 2.63. The standard InChI is InChI=1S/C11H19N3/c1-9(8-12)7-11(13-2)10-3-5-14-6-4-10/h3-6,9,11,13H,7-8,12H2,1-2H3. The molecule has 0 bridgehead atoms. The van der Waals surface area contributed by atoms with E-state index in [2.05, 4.69) is 17.2 Å². The van der Waals surface area contributed by atoms with Gasteiger partial charge in [-0.15, -0.1) is 0 Å². The minimum absolute atomic E-state index is 0.386. The van der Waals surface area contributed by atoms with Gasteiger partial charge in [0, 0.05) is 18.4 Å². The van der Waals surface area contributed by atoms with E-state index in [4.69, 9.17) is 5.73 Å². The van der Waals surface area contributed by atoms with E-state index in [1.165, 1.54) is 5.56 Å². The molecule has 0 aliphatic heterocycles. The lowest BCUT2D eigenvalue weighted by atomic mass is 9.97. The Morgan fingerprint density at radius 1 is 1.43 bits per heavy atom. The Labute approximate surface area is 85.7 Å². The Bertz CT molecular complexity index is 248. The van der Waals surface area contributed by atoms with Crippen molar-refractivity contribution in [3.8, 4) is 0 Å². The molecular weight excluding hydrogens is 174 g/mol. The molecule has 0 aliphatic carbocycles. The fourth-order valence-corrected chi connectivity index (χ4v) is 1.51. The van der Waals surface area contributed by atoms with Crippen molar-refractivity contribution < 1.29 is 0 Å². The summed E-state index contributed by atoms with van der Waals surface area (Å²) in [5.41, 5.74) is 6.89. The number of rotatable bonds is 5. The zero-order valence-electron chi connectivity index (χ0n) is 8.90. The van der Waals surface area contributed by atoms with Crippen molar-refractivity contribution in [2.24, 2.45) is 11.7 Å². The highest BCUT2D eigenvalue weighted by Crippen LogP contribution is 2.19. The molecule has 14 heavy (non-hydrogen) atoms. The molecule has 3 N–H and O–H groups in total. The molecule has 0 aliphatic rings. The molecule has 78 valence electrons. The Morgan fingerprint density at radius 2 is 2.07 bits per heavy atom. The molecule has 0 saturated heterocycles. The molecule has 1 aromatic rings. The summed E-state index contributed by atoms with van der Waals surface area (Å²) < 4.78 is 0. The molecule has 0 amide bonds. The number of nitrogens with one attached hydrogen (secondary N) is 1. The van der Waals surface area contributed by atoms with Gasteiger partial charge in [-0.2, -0.15) is 0 Å². The van der Waals surface area contributed by atoms with Gasteiger partial charge in [-0.1, -0.05) is 6.92 Å². The minimum atomic E-state index is 0.386. The van der Waals surface area contributed by atoms with Crippen molar-refractivity contribution in [3.05, 3.63) is 30.1 Å². The van der Waals surface area contributed by atoms with E-state index in [0.717, 1.165) is 13.0 Å². The molecule has 1 rings (SSSR count). The maximum Gasteiger partial charge on any atom is 0.0321 e. The van der Waals surface area contributed by atoms with Gasteiger partial charge in [-0.05, 0) is 43.6 Å². The predicted octanol–water partition coefficient (Wildman–Crippen LogP) is 1.33. The maximum atomic E-state index is 5.61. The van der Waals surface area contributed by atoms with Crippen LogP contribution in [0.5, 0.6) is 0 Å². The van der Waals surface area contributed by atoms with Gasteiger partial charge in [0.05, 0.1) is 0 Å². The first-order valence-corrected chi connectivity index (χ1v) is 5.05. The van der Waals surface area contributed by atoms with Crippen LogP contribution in [0.2, 0.25) is 0 Å². The average Bonchev–Trinajstić information content (AvgIpc) is 2.26. The molecule has 2 unspecified atom stereocenters. The van der Waals surface area contributed by atoms with Gasteiger partial charge >= 0.3 is 0 Å². The highest BCUT2D eigenvalue weighted by Gasteiger charge is 2.11. The summed E-state index contributed by atoms with van der Waals surface area (Å²) in [6.07, 6.45) is 4.72. The third-order valence-electron chi connectivity index (χ3n) is 2.50. The van der Waals surface area contributed by atoms with E-state index >= 15 is 0 Å². The fraction of sp³-hybridized carbons (Fsp3) is 0.545. The average molecular weight is 193 g/mol. The number of hydrogen-bond donors (Lipinski definition) is 2. The number of nitrogens with two attached hydrogens (primary N) is 1. The third kappa shape index (κ3) is 3.09. The van der Waals surface area contributed by atoms with Crippen LogP contribution < -0.4 is 11.1 Å². The maximum absolute atomic E-state index is 5.61. The van der Waals surface area contributed by atoms with E-state index in [1.54, 1.807) is 0 Å². The van der Waals surface area contributed by atoms with Crippen LogP contribution in [0, 0.1) is 5.92 Å². The zero-order chi connectivity index (χ0) is 10.4. The van der Waals surface area contributed by atoms with Crippen LogP contribution in [0.3, 0.4) is 0 Å². The predicted molar refractivity (Wildman–Crippen MR) is 58.9 cm³/mol. The smallest absolute Gasteiger partial charge is 0.0321 e. The lowest BCUT2D eigenvalue weighted by Crippen LogP contribution is -2.22. The van der Waals surface area contributed by atoms with E-state index < -0.39 is 0 Å². The Kier molecular flexibility index (Phi) is 4.56. The van der Waals surface area contributed by atoms with Gasteiger partial charge in [0.15, 0.2) is 0 Å². The number of hydrogen-bond acceptors (Lipinski definition) is 3. The first kappa shape index (κ1) is 11.1. The number of pyridine rings is 1. The number of nitrogens with zero attached hydrogens (tertiary/aromatic N) is 1. The summed E-state index contributed by atoms with van der Waals surface area (Å²) in [7, 11) is 1.98. The normalized spacial score (nSPS) is 15.1. The summed E-state index contributed by atoms with van der Waals surface area (Å²) >= 11 is 0. The van der Waals surface area contributed by atoms with Gasteiger partial charge in [0.25, 0.3) is 0 Å². The summed E-state index contributed by atoms with van der Waals surface area (Å²) in [6, 6.07) is 4.48. The molecule has 3 nitrogen and oxygen atoms in total. The van der Waals surface area contributed by atoms with Crippen LogP contribution in [-0.4, -0.2) is 18.6 Å². The first-order chi connectivity index (χ1) is 6.77. The molecule has 0 saturated carbocycles. The monoisotopic (exact) mass is 193 g/mol. The summed E-state index contributed by atoms with van der Waals surface area (Å²) in [4.78, 5) is 4.01. The van der Waals surface area contributed by atoms with Crippen LogP contribution in [0.15, 0.2) is 24.5 Å². The quantitative estimate of drug-likeness (QED) is 0.741. The highest BCUT2D eigenvalue weighted by atomic mass is 14.9. The molecule has 1 heterocycles. The zero-order valence-corrected chi connectivity index (χ0v) is 8.90. The van der Waals surface area contributed by atoms with Crippen LogP contribution in [0.25, 0.3) is 0 Å². The second kappa shape index (κ2) is 5.73. The molecule has 3 heteroatoms. The lowest BCUT2D eigenvalue weighted by Gasteiger charge is -2.19. The fourth-order valence-electron chi connectivity index (χ4n) is 1.51. The van der Waals surface area contributed by atoms with Crippen LogP contribution in [-0.2, 0) is 0 Å². The largest absolute Gasteiger partial charge is 0.330 e. The second-order valence-electron chi connectivity index (χ2n) is 3.70. The second-order valence-corrected chi connectivity index (χ2v) is 3.70. The molecule has 0 fully saturated rings. The third-order valence-corrected chi connectivity index (χ3v) is 2.50. The first-order valence-electron chi connectivity index (χ1n) is 5.05. The van der Waals surface area contributed by atoms with E-state index in [1.807, 2.05) is 31.6 Å².